The van der Waals surface area contributed by atoms with E-state index in [1.165, 1.54) is 0 Å². The van der Waals surface area contributed by atoms with Crippen molar-refractivity contribution in [2.45, 2.75) is 13.1 Å². The summed E-state index contributed by atoms with van der Waals surface area (Å²) in [6, 6.07) is 17.4. The van der Waals surface area contributed by atoms with Crippen LogP contribution in [-0.2, 0) is 17.0 Å². The van der Waals surface area contributed by atoms with Crippen molar-refractivity contribution in [2.24, 2.45) is 0 Å². The van der Waals surface area contributed by atoms with E-state index in [4.69, 9.17) is 23.6 Å². The molecule has 0 radical (unpaired) electrons. The van der Waals surface area contributed by atoms with Gasteiger partial charge in [-0.05, 0) is 19.5 Å². The van der Waals surface area contributed by atoms with Gasteiger partial charge in [0.1, 0.15) is 5.75 Å². The molecule has 0 spiro atoms. The first-order chi connectivity index (χ1) is 9.51. The number of para-hydroxylation sites is 1. The Morgan fingerprint density at radius 3 is 2.00 bits per heavy atom. The Balaban J connectivity index is 0.000000612. The van der Waals surface area contributed by atoms with Crippen LogP contribution in [0.25, 0.3) is 4.98 Å². The van der Waals surface area contributed by atoms with Gasteiger partial charge in [-0.1, -0.05) is 61.6 Å². The van der Waals surface area contributed by atoms with Gasteiger partial charge in [-0.3, -0.25) is 0 Å². The molecule has 2 nitrogen and oxygen atoms in total. The van der Waals surface area contributed by atoms with E-state index in [2.05, 4.69) is 13.1 Å². The number of phenolic OH excluding ortho intramolecular Hbond substituents is 1. The molecule has 2 aromatic rings. The Hall–Kier alpha value is -0.449. The number of benzene rings is 2. The molecule has 0 unspecified atom stereocenters. The van der Waals surface area contributed by atoms with Crippen LogP contribution in [0.15, 0.2) is 54.6 Å². The van der Waals surface area contributed by atoms with Crippen molar-refractivity contribution < 1.29 is 22.1 Å². The van der Waals surface area contributed by atoms with E-state index in [0.717, 1.165) is 10.9 Å². The molecule has 20 heavy (non-hydrogen) atoms. The van der Waals surface area contributed by atoms with Crippen LogP contribution >= 0.6 is 18.6 Å². The molecule has 1 N–H and O–H groups in total. The monoisotopic (exact) mass is 360 g/mol. The first-order valence-electron chi connectivity index (χ1n) is 6.04. The van der Waals surface area contributed by atoms with Gasteiger partial charge in [0, 0.05) is 0 Å². The Bertz CT molecular complexity index is 526. The van der Waals surface area contributed by atoms with Crippen molar-refractivity contribution in [3.05, 3.63) is 59.6 Å². The Morgan fingerprint density at radius 1 is 0.950 bits per heavy atom. The molecule has 0 aromatic heterocycles. The minimum atomic E-state index is -1.99. The van der Waals surface area contributed by atoms with Gasteiger partial charge in [0.15, 0.2) is 0 Å². The summed E-state index contributed by atoms with van der Waals surface area (Å²) in [5.41, 5.74) is 0.979. The van der Waals surface area contributed by atoms with Crippen LogP contribution in [-0.4, -0.2) is 13.3 Å². The van der Waals surface area contributed by atoms with E-state index in [0.29, 0.717) is 5.75 Å². The molecule has 0 atom stereocenters. The topological polar surface area (TPSA) is 34.3 Å². The van der Waals surface area contributed by atoms with E-state index in [1.807, 2.05) is 48.5 Å². The van der Waals surface area contributed by atoms with Crippen molar-refractivity contribution in [1.82, 2.24) is 0 Å². The van der Waals surface area contributed by atoms with E-state index >= 15 is 0 Å². The van der Waals surface area contributed by atoms with Gasteiger partial charge in [-0.15, -0.1) is 5.69 Å². The molecule has 0 fully saturated rings. The first kappa shape index (κ1) is 17.6. The summed E-state index contributed by atoms with van der Waals surface area (Å²) < 4.78 is 0. The van der Waals surface area contributed by atoms with Gasteiger partial charge in [0.2, 0.25) is 0 Å². The fraction of sp³-hybridized carbons (Fsp3) is 0.143. The number of aromatic hydroxyl groups is 1. The molecule has 0 amide bonds. The van der Waals surface area contributed by atoms with Crippen LogP contribution in [0.3, 0.4) is 0 Å². The minimum absolute atomic E-state index is 0.351. The predicted octanol–water partition coefficient (Wildman–Crippen LogP) is 4.89. The van der Waals surface area contributed by atoms with E-state index in [-0.39, 0.29) is 0 Å². The average Bonchev–Trinajstić information content (AvgIpc) is 2.40. The summed E-state index contributed by atoms with van der Waals surface area (Å²) in [5.74, 6) is 0.351. The van der Waals surface area contributed by atoms with Crippen LogP contribution in [0.1, 0.15) is 0 Å². The van der Waals surface area contributed by atoms with Gasteiger partial charge >= 0.3 is 35.6 Å². The van der Waals surface area contributed by atoms with Crippen molar-refractivity contribution in [3.8, 4) is 5.75 Å². The van der Waals surface area contributed by atoms with Crippen LogP contribution in [0.2, 0.25) is 13.1 Å². The molecule has 0 heterocycles. The summed E-state index contributed by atoms with van der Waals surface area (Å²) >= 11 is -0.556. The molecule has 0 saturated carbocycles. The number of phenols is 1. The van der Waals surface area contributed by atoms with E-state index in [9.17, 15) is 5.11 Å². The van der Waals surface area contributed by atoms with Crippen LogP contribution in [0, 0.1) is 0 Å². The number of nitrogens with zero attached hydrogens (tertiary/aromatic N) is 1. The summed E-state index contributed by atoms with van der Waals surface area (Å²) in [6.07, 6.45) is 0. The van der Waals surface area contributed by atoms with Crippen molar-refractivity contribution >= 4 is 37.7 Å². The van der Waals surface area contributed by atoms with Crippen molar-refractivity contribution in [3.63, 3.8) is 0 Å². The van der Waals surface area contributed by atoms with Crippen LogP contribution in [0.5, 0.6) is 5.75 Å². The summed E-state index contributed by atoms with van der Waals surface area (Å²) in [6.45, 7) is 4.27. The van der Waals surface area contributed by atoms with Gasteiger partial charge in [0.05, 0.1) is 0 Å². The maximum absolute atomic E-state index is 9.90. The summed E-state index contributed by atoms with van der Waals surface area (Å²) in [4.78, 5) is 4.80. The third kappa shape index (κ3) is 5.51. The molecule has 2 aromatic carbocycles. The molecular weight excluding hydrogens is 345 g/mol. The number of hydrogen-bond donors (Lipinski definition) is 1. The van der Waals surface area contributed by atoms with Crippen molar-refractivity contribution in [2.75, 3.05) is 0 Å². The Morgan fingerprint density at radius 2 is 1.45 bits per heavy atom. The zero-order valence-corrected chi connectivity index (χ0v) is 15.4. The fourth-order valence-electron chi connectivity index (χ4n) is 1.88. The second-order valence-corrected chi connectivity index (χ2v) is 11.1. The summed E-state index contributed by atoms with van der Waals surface area (Å²) in [5, 5.41) is 10.9. The molecule has 106 valence electrons. The Labute approximate surface area is 137 Å². The zero-order valence-electron chi connectivity index (χ0n) is 11.3. The predicted molar refractivity (Wildman–Crippen MR) is 86.4 cm³/mol. The number of hydrogen-bond acceptors (Lipinski definition) is 1. The molecule has 0 aliphatic carbocycles. The summed E-state index contributed by atoms with van der Waals surface area (Å²) in [7, 11) is 7.79. The first-order valence-corrected chi connectivity index (χ1v) is 13.3. The third-order valence-electron chi connectivity index (χ3n) is 2.73. The van der Waals surface area contributed by atoms with E-state index < -0.39 is 25.3 Å². The fourth-order valence-corrected chi connectivity index (χ4v) is 4.01. The molecule has 0 aliphatic heterocycles. The maximum atomic E-state index is 9.90. The molecule has 0 saturated heterocycles. The quantitative estimate of drug-likeness (QED) is 0.777. The standard InChI is InChI=1S/C14H16NOSi.2ClH.Ti/c1-17(2,14-11-7-6-10-13(14)16)15-12-8-4-3-5-9-12;;;/h3-11,16H,1-2H3;2*1H;/q-1;;;+2/p-2. The molecular formula is C14H16Cl2NOSiTi-. The SMILES string of the molecule is C[Si](C)([N-]c1ccccc1)c1ccccc1O.[Cl][Ti][Cl]. The van der Waals surface area contributed by atoms with Crippen LogP contribution in [0.4, 0.5) is 5.69 Å². The van der Waals surface area contributed by atoms with Crippen LogP contribution < -0.4 is 5.19 Å². The molecule has 2 rings (SSSR count). The second kappa shape index (κ2) is 8.75. The van der Waals surface area contributed by atoms with Gasteiger partial charge < -0.3 is 10.1 Å². The third-order valence-corrected chi connectivity index (χ3v) is 5.29. The van der Waals surface area contributed by atoms with Gasteiger partial charge in [-0.2, -0.15) is 0 Å². The van der Waals surface area contributed by atoms with E-state index in [1.54, 1.807) is 6.07 Å². The average molecular weight is 361 g/mol. The normalized spacial score (nSPS) is 10.2. The molecule has 0 aliphatic rings. The zero-order chi connectivity index (χ0) is 15.0. The van der Waals surface area contributed by atoms with Gasteiger partial charge in [0.25, 0.3) is 0 Å². The molecule has 0 bridgehead atoms. The number of halogens is 2. The van der Waals surface area contributed by atoms with Crippen molar-refractivity contribution in [1.29, 1.82) is 0 Å². The number of rotatable bonds is 3. The second-order valence-electron chi connectivity index (χ2n) is 4.59. The van der Waals surface area contributed by atoms with Gasteiger partial charge in [-0.25, -0.2) is 0 Å². The Kier molecular flexibility index (Phi) is 7.70. The molecule has 6 heteroatoms.